The number of ether oxygens (including phenoxy) is 1. The Hall–Kier alpha value is -4.78. The number of hydrogen-bond acceptors (Lipinski definition) is 6. The number of pyridine rings is 1. The minimum absolute atomic E-state index is 0.0684. The lowest BCUT2D eigenvalue weighted by Crippen LogP contribution is -2.14. The summed E-state index contributed by atoms with van der Waals surface area (Å²) in [5.41, 5.74) is 11.5. The molecular formula is C27H22N4O3. The minimum Gasteiger partial charge on any atom is -0.508 e. The molecule has 0 aliphatic heterocycles. The van der Waals surface area contributed by atoms with Gasteiger partial charge in [-0.1, -0.05) is 54.6 Å². The molecule has 1 aromatic heterocycles. The smallest absolute Gasteiger partial charge is 0.411 e. The number of hydrazine groups is 1. The van der Waals surface area contributed by atoms with E-state index in [2.05, 4.69) is 16.2 Å². The number of para-hydroxylation sites is 2. The Morgan fingerprint density at radius 2 is 1.44 bits per heavy atom. The fourth-order valence-electron chi connectivity index (χ4n) is 3.73. The number of nitrogens with zero attached hydrogens (tertiary/aromatic N) is 1. The molecule has 0 aliphatic rings. The highest BCUT2D eigenvalue weighted by atomic mass is 16.5. The number of carbonyl (C=O) groups is 1. The van der Waals surface area contributed by atoms with Crippen molar-refractivity contribution in [2.24, 2.45) is 0 Å². The number of phenols is 1. The molecule has 0 aliphatic carbocycles. The third-order valence-corrected chi connectivity index (χ3v) is 5.31. The second-order valence-electron chi connectivity index (χ2n) is 7.72. The van der Waals surface area contributed by atoms with Gasteiger partial charge in [0.2, 0.25) is 0 Å². The van der Waals surface area contributed by atoms with E-state index in [9.17, 15) is 9.90 Å². The lowest BCUT2D eigenvalue weighted by atomic mass is 10.1. The van der Waals surface area contributed by atoms with E-state index in [0.29, 0.717) is 5.69 Å². The molecule has 0 bridgehead atoms. The second-order valence-corrected chi connectivity index (χ2v) is 7.72. The highest BCUT2D eigenvalue weighted by molar-refractivity contribution is 6.07. The Kier molecular flexibility index (Phi) is 5.82. The summed E-state index contributed by atoms with van der Waals surface area (Å²) in [6.45, 7) is 0.0985. The Morgan fingerprint density at radius 3 is 2.18 bits per heavy atom. The van der Waals surface area contributed by atoms with Gasteiger partial charge in [0.25, 0.3) is 0 Å². The van der Waals surface area contributed by atoms with Crippen molar-refractivity contribution in [1.29, 1.82) is 0 Å². The van der Waals surface area contributed by atoms with Crippen molar-refractivity contribution in [2.45, 2.75) is 6.61 Å². The van der Waals surface area contributed by atoms with Crippen molar-refractivity contribution in [2.75, 3.05) is 16.2 Å². The predicted octanol–water partition coefficient (Wildman–Crippen LogP) is 6.28. The van der Waals surface area contributed by atoms with Crippen molar-refractivity contribution in [3.05, 3.63) is 103 Å². The van der Waals surface area contributed by atoms with E-state index in [1.165, 1.54) is 12.1 Å². The Labute approximate surface area is 196 Å². The zero-order chi connectivity index (χ0) is 23.3. The number of fused-ring (bicyclic) bond motifs is 2. The fourth-order valence-corrected chi connectivity index (χ4v) is 3.73. The minimum atomic E-state index is -0.600. The van der Waals surface area contributed by atoms with Gasteiger partial charge in [-0.25, -0.2) is 9.78 Å². The average Bonchev–Trinajstić information content (AvgIpc) is 2.85. The van der Waals surface area contributed by atoms with Gasteiger partial charge in [-0.15, -0.1) is 0 Å². The van der Waals surface area contributed by atoms with Crippen LogP contribution in [0.15, 0.2) is 97.1 Å². The van der Waals surface area contributed by atoms with E-state index in [1.807, 2.05) is 72.8 Å². The first kappa shape index (κ1) is 21.1. The van der Waals surface area contributed by atoms with Gasteiger partial charge < -0.3 is 15.3 Å². The topological polar surface area (TPSA) is 95.5 Å². The van der Waals surface area contributed by atoms with Crippen molar-refractivity contribution >= 4 is 45.0 Å². The van der Waals surface area contributed by atoms with E-state index in [4.69, 9.17) is 9.72 Å². The number of rotatable bonds is 6. The van der Waals surface area contributed by atoms with E-state index in [-0.39, 0.29) is 12.4 Å². The van der Waals surface area contributed by atoms with Crippen LogP contribution in [0, 0.1) is 0 Å². The van der Waals surface area contributed by atoms with E-state index >= 15 is 0 Å². The highest BCUT2D eigenvalue weighted by Crippen LogP contribution is 2.30. The maximum Gasteiger partial charge on any atom is 0.411 e. The molecule has 0 unspecified atom stereocenters. The quantitative estimate of drug-likeness (QED) is 0.180. The standard InChI is InChI=1S/C27H22N4O3/c32-21-10-6-8-19(16-21)28-27(33)34-17-18-7-5-9-20(15-18)30-31-26-22-11-1-3-13-24(22)29-25-14-4-2-12-23(25)26/h1-16,30,32H,17H2,(H,28,33)(H,29,31). The first-order valence-electron chi connectivity index (χ1n) is 10.8. The molecule has 34 heavy (non-hydrogen) atoms. The van der Waals surface area contributed by atoms with Crippen LogP contribution < -0.4 is 16.2 Å². The third kappa shape index (κ3) is 4.68. The van der Waals surface area contributed by atoms with E-state index in [1.54, 1.807) is 12.1 Å². The van der Waals surface area contributed by atoms with Gasteiger partial charge in [0, 0.05) is 22.5 Å². The number of benzene rings is 4. The number of carbonyl (C=O) groups excluding carboxylic acids is 1. The van der Waals surface area contributed by atoms with Gasteiger partial charge in [-0.05, 0) is 42.0 Å². The summed E-state index contributed by atoms with van der Waals surface area (Å²) in [5.74, 6) is 0.0684. The normalized spacial score (nSPS) is 10.7. The summed E-state index contributed by atoms with van der Waals surface area (Å²) in [6.07, 6.45) is -0.600. The number of anilines is 3. The number of nitrogens with one attached hydrogen (secondary N) is 3. The number of amides is 1. The Morgan fingerprint density at radius 1 is 0.765 bits per heavy atom. The zero-order valence-electron chi connectivity index (χ0n) is 18.2. The molecular weight excluding hydrogens is 428 g/mol. The van der Waals surface area contributed by atoms with Crippen LogP contribution in [0.3, 0.4) is 0 Å². The van der Waals surface area contributed by atoms with Crippen molar-refractivity contribution in [3.8, 4) is 5.75 Å². The number of hydrogen-bond donors (Lipinski definition) is 4. The maximum atomic E-state index is 12.1. The molecule has 0 atom stereocenters. The van der Waals surface area contributed by atoms with Gasteiger partial charge in [0.05, 0.1) is 22.4 Å². The summed E-state index contributed by atoms with van der Waals surface area (Å²) >= 11 is 0. The largest absolute Gasteiger partial charge is 0.508 e. The van der Waals surface area contributed by atoms with Crippen LogP contribution in [0.5, 0.6) is 5.75 Å². The molecule has 0 radical (unpaired) electrons. The Bertz CT molecular complexity index is 1430. The zero-order valence-corrected chi connectivity index (χ0v) is 18.2. The molecule has 5 aromatic rings. The molecule has 7 heteroatoms. The van der Waals surface area contributed by atoms with Gasteiger partial charge in [0.1, 0.15) is 12.4 Å². The lowest BCUT2D eigenvalue weighted by molar-refractivity contribution is 0.155. The van der Waals surface area contributed by atoms with Crippen molar-refractivity contribution in [1.82, 2.24) is 4.98 Å². The SMILES string of the molecule is O=C(Nc1cccc(O)c1)OCc1cccc(NNc2c3ccccc3nc3ccccc23)c1. The number of aromatic nitrogens is 1. The summed E-state index contributed by atoms with van der Waals surface area (Å²) in [6, 6.07) is 29.9. The van der Waals surface area contributed by atoms with Gasteiger partial charge in [0.15, 0.2) is 0 Å². The molecule has 1 heterocycles. The molecule has 4 aromatic carbocycles. The van der Waals surface area contributed by atoms with Crippen LogP contribution >= 0.6 is 0 Å². The summed E-state index contributed by atoms with van der Waals surface area (Å²) in [4.78, 5) is 16.8. The summed E-state index contributed by atoms with van der Waals surface area (Å²) < 4.78 is 5.32. The Balaban J connectivity index is 1.28. The summed E-state index contributed by atoms with van der Waals surface area (Å²) in [5, 5.41) is 14.1. The number of phenolic OH excluding ortho intramolecular Hbond substituents is 1. The van der Waals surface area contributed by atoms with Gasteiger partial charge >= 0.3 is 6.09 Å². The fraction of sp³-hybridized carbons (Fsp3) is 0.0370. The molecule has 0 saturated heterocycles. The molecule has 168 valence electrons. The first-order valence-corrected chi connectivity index (χ1v) is 10.8. The van der Waals surface area contributed by atoms with Crippen LogP contribution in [0.25, 0.3) is 21.8 Å². The monoisotopic (exact) mass is 450 g/mol. The molecule has 1 amide bonds. The van der Waals surface area contributed by atoms with E-state index in [0.717, 1.165) is 38.7 Å². The molecule has 0 spiro atoms. The lowest BCUT2D eigenvalue weighted by Gasteiger charge is -2.15. The van der Waals surface area contributed by atoms with Crippen LogP contribution in [-0.4, -0.2) is 16.2 Å². The van der Waals surface area contributed by atoms with Gasteiger partial charge in [-0.2, -0.15) is 0 Å². The third-order valence-electron chi connectivity index (χ3n) is 5.31. The molecule has 5 rings (SSSR count). The van der Waals surface area contributed by atoms with Crippen LogP contribution in [0.4, 0.5) is 21.9 Å². The summed E-state index contributed by atoms with van der Waals surface area (Å²) in [7, 11) is 0. The van der Waals surface area contributed by atoms with Crippen molar-refractivity contribution in [3.63, 3.8) is 0 Å². The van der Waals surface area contributed by atoms with E-state index < -0.39 is 6.09 Å². The number of aromatic hydroxyl groups is 1. The predicted molar refractivity (Wildman–Crippen MR) is 135 cm³/mol. The van der Waals surface area contributed by atoms with Crippen LogP contribution in [0.2, 0.25) is 0 Å². The second kappa shape index (κ2) is 9.38. The molecule has 4 N–H and O–H groups in total. The highest BCUT2D eigenvalue weighted by Gasteiger charge is 2.09. The first-order chi connectivity index (χ1) is 16.7. The molecule has 0 saturated carbocycles. The van der Waals surface area contributed by atoms with Crippen LogP contribution in [-0.2, 0) is 11.3 Å². The maximum absolute atomic E-state index is 12.1. The van der Waals surface area contributed by atoms with Gasteiger partial charge in [-0.3, -0.25) is 10.7 Å². The molecule has 7 nitrogen and oxygen atoms in total. The molecule has 0 fully saturated rings. The van der Waals surface area contributed by atoms with Crippen molar-refractivity contribution < 1.29 is 14.6 Å². The van der Waals surface area contributed by atoms with Crippen LogP contribution in [0.1, 0.15) is 5.56 Å². The average molecular weight is 450 g/mol.